The largest absolute Gasteiger partial charge is 0.396 e. The van der Waals surface area contributed by atoms with Gasteiger partial charge in [-0.1, -0.05) is 24.3 Å². The second-order valence-corrected chi connectivity index (χ2v) is 7.01. The number of aromatic nitrogens is 2. The van der Waals surface area contributed by atoms with Gasteiger partial charge in [-0.05, 0) is 42.9 Å². The highest BCUT2D eigenvalue weighted by atomic mass is 32.2. The number of aliphatic hydroxyl groups is 1. The highest BCUT2D eigenvalue weighted by molar-refractivity contribution is 7.98. The molecule has 0 spiro atoms. The van der Waals surface area contributed by atoms with Gasteiger partial charge in [0.1, 0.15) is 5.69 Å². The predicted molar refractivity (Wildman–Crippen MR) is 85.6 cm³/mol. The first-order chi connectivity index (χ1) is 10.3. The van der Waals surface area contributed by atoms with Crippen molar-refractivity contribution in [1.29, 1.82) is 0 Å². The molecule has 2 aromatic rings. The van der Waals surface area contributed by atoms with E-state index >= 15 is 0 Å². The Balaban J connectivity index is 1.61. The lowest BCUT2D eigenvalue weighted by molar-refractivity contribution is 0.274. The molecule has 2 saturated carbocycles. The molecular weight excluding hydrogens is 280 g/mol. The molecule has 2 unspecified atom stereocenters. The minimum absolute atomic E-state index is 0.314. The van der Waals surface area contributed by atoms with Crippen molar-refractivity contribution in [3.8, 4) is 11.3 Å². The van der Waals surface area contributed by atoms with E-state index in [0.29, 0.717) is 24.5 Å². The summed E-state index contributed by atoms with van der Waals surface area (Å²) in [6.07, 6.45) is 7.95. The van der Waals surface area contributed by atoms with Crippen LogP contribution in [0.15, 0.2) is 35.4 Å². The fraction of sp³-hybridized carbons (Fsp3) is 0.471. The van der Waals surface area contributed by atoms with Crippen LogP contribution in [0.3, 0.4) is 0 Å². The van der Waals surface area contributed by atoms with E-state index in [9.17, 15) is 5.11 Å². The van der Waals surface area contributed by atoms with Crippen molar-refractivity contribution in [2.45, 2.75) is 36.1 Å². The first-order valence-corrected chi connectivity index (χ1v) is 8.87. The lowest BCUT2D eigenvalue weighted by atomic mass is 10.1. The number of hydrogen-bond donors (Lipinski definition) is 1. The second-order valence-electron chi connectivity index (χ2n) is 6.16. The molecule has 0 amide bonds. The second kappa shape index (κ2) is 5.18. The standard InChI is InChI=1S/C17H20N2OS/c1-21-16-9-19(14-6-7-14)18-17(16)12-4-2-11(3-5-12)15-8-13(15)10-20/h2-5,9,13-15,20H,6-8,10H2,1H3. The van der Waals surface area contributed by atoms with Crippen molar-refractivity contribution in [1.82, 2.24) is 9.78 Å². The molecule has 0 saturated heterocycles. The maximum Gasteiger partial charge on any atom is 0.106 e. The van der Waals surface area contributed by atoms with Crippen LogP contribution >= 0.6 is 11.8 Å². The van der Waals surface area contributed by atoms with E-state index in [4.69, 9.17) is 5.10 Å². The minimum atomic E-state index is 0.314. The zero-order valence-electron chi connectivity index (χ0n) is 12.2. The lowest BCUT2D eigenvalue weighted by Gasteiger charge is -2.03. The highest BCUT2D eigenvalue weighted by Gasteiger charge is 2.37. The summed E-state index contributed by atoms with van der Waals surface area (Å²) in [6, 6.07) is 9.40. The monoisotopic (exact) mass is 300 g/mol. The topological polar surface area (TPSA) is 38.0 Å². The Labute approximate surface area is 129 Å². The maximum absolute atomic E-state index is 9.18. The molecule has 110 valence electrons. The van der Waals surface area contributed by atoms with Crippen molar-refractivity contribution in [3.05, 3.63) is 36.0 Å². The highest BCUT2D eigenvalue weighted by Crippen LogP contribution is 2.47. The lowest BCUT2D eigenvalue weighted by Crippen LogP contribution is -1.94. The van der Waals surface area contributed by atoms with Crippen molar-refractivity contribution in [3.63, 3.8) is 0 Å². The van der Waals surface area contributed by atoms with E-state index in [2.05, 4.69) is 41.4 Å². The van der Waals surface area contributed by atoms with E-state index in [0.717, 1.165) is 12.1 Å². The van der Waals surface area contributed by atoms with Crippen LogP contribution in [0.25, 0.3) is 11.3 Å². The van der Waals surface area contributed by atoms with Gasteiger partial charge >= 0.3 is 0 Å². The molecule has 0 aliphatic heterocycles. The van der Waals surface area contributed by atoms with Gasteiger partial charge in [0.25, 0.3) is 0 Å². The SMILES string of the molecule is CSc1cn(C2CC2)nc1-c1ccc(C2CC2CO)cc1. The molecule has 2 fully saturated rings. The molecule has 4 heteroatoms. The normalized spacial score (nSPS) is 24.3. The van der Waals surface area contributed by atoms with Crippen LogP contribution < -0.4 is 0 Å². The molecule has 3 nitrogen and oxygen atoms in total. The van der Waals surface area contributed by atoms with Gasteiger partial charge in [0.15, 0.2) is 0 Å². The van der Waals surface area contributed by atoms with Gasteiger partial charge in [0.05, 0.1) is 10.9 Å². The number of hydrogen-bond acceptors (Lipinski definition) is 3. The van der Waals surface area contributed by atoms with E-state index in [-0.39, 0.29) is 0 Å². The third-order valence-corrected chi connectivity index (χ3v) is 5.35. The smallest absolute Gasteiger partial charge is 0.106 e. The third-order valence-electron chi connectivity index (χ3n) is 4.61. The molecule has 1 aromatic carbocycles. The van der Waals surface area contributed by atoms with Gasteiger partial charge in [-0.2, -0.15) is 5.10 Å². The van der Waals surface area contributed by atoms with Crippen molar-refractivity contribution in [2.75, 3.05) is 12.9 Å². The molecule has 4 rings (SSSR count). The van der Waals surface area contributed by atoms with Gasteiger partial charge in [-0.3, -0.25) is 4.68 Å². The van der Waals surface area contributed by atoms with E-state index in [1.54, 1.807) is 11.8 Å². The molecule has 21 heavy (non-hydrogen) atoms. The number of thioether (sulfide) groups is 1. The number of rotatable bonds is 5. The van der Waals surface area contributed by atoms with Gasteiger partial charge in [0, 0.05) is 18.4 Å². The summed E-state index contributed by atoms with van der Waals surface area (Å²) in [5, 5.41) is 14.0. The third kappa shape index (κ3) is 2.51. The van der Waals surface area contributed by atoms with E-state index < -0.39 is 0 Å². The average Bonchev–Trinajstić information content (AvgIpc) is 3.44. The Bertz CT molecular complexity index is 645. The van der Waals surface area contributed by atoms with Crippen LogP contribution in [-0.2, 0) is 0 Å². The minimum Gasteiger partial charge on any atom is -0.396 e. The Kier molecular flexibility index (Phi) is 3.31. The first-order valence-electron chi connectivity index (χ1n) is 7.64. The Hall–Kier alpha value is -1.26. The van der Waals surface area contributed by atoms with Crippen LogP contribution in [0, 0.1) is 5.92 Å². The summed E-state index contributed by atoms with van der Waals surface area (Å²) >= 11 is 1.77. The van der Waals surface area contributed by atoms with Crippen LogP contribution in [-0.4, -0.2) is 27.7 Å². The average molecular weight is 300 g/mol. The van der Waals surface area contributed by atoms with Crippen molar-refractivity contribution < 1.29 is 5.11 Å². The molecule has 2 aliphatic rings. The van der Waals surface area contributed by atoms with Crippen LogP contribution in [0.5, 0.6) is 0 Å². The van der Waals surface area contributed by atoms with Crippen molar-refractivity contribution in [2.24, 2.45) is 5.92 Å². The van der Waals surface area contributed by atoms with Crippen LogP contribution in [0.2, 0.25) is 0 Å². The zero-order valence-corrected chi connectivity index (χ0v) is 13.0. The fourth-order valence-electron chi connectivity index (χ4n) is 3.00. The summed E-state index contributed by atoms with van der Waals surface area (Å²) in [7, 11) is 0. The molecule has 1 N–H and O–H groups in total. The number of nitrogens with zero attached hydrogens (tertiary/aromatic N) is 2. The van der Waals surface area contributed by atoms with Gasteiger partial charge in [-0.15, -0.1) is 11.8 Å². The quantitative estimate of drug-likeness (QED) is 0.856. The molecule has 1 aromatic heterocycles. The first kappa shape index (κ1) is 13.4. The fourth-order valence-corrected chi connectivity index (χ4v) is 3.56. The summed E-state index contributed by atoms with van der Waals surface area (Å²) in [5.74, 6) is 1.04. The Morgan fingerprint density at radius 1 is 1.29 bits per heavy atom. The van der Waals surface area contributed by atoms with Gasteiger partial charge < -0.3 is 5.11 Å². The van der Waals surface area contributed by atoms with Gasteiger partial charge in [0.2, 0.25) is 0 Å². The Morgan fingerprint density at radius 2 is 2.05 bits per heavy atom. The zero-order chi connectivity index (χ0) is 14.4. The summed E-state index contributed by atoms with van der Waals surface area (Å²) in [6.45, 7) is 0.314. The van der Waals surface area contributed by atoms with Crippen molar-refractivity contribution >= 4 is 11.8 Å². The van der Waals surface area contributed by atoms with E-state index in [1.807, 2.05) is 0 Å². The number of aliphatic hydroxyl groups excluding tert-OH is 1. The van der Waals surface area contributed by atoms with Gasteiger partial charge in [-0.25, -0.2) is 0 Å². The summed E-state index contributed by atoms with van der Waals surface area (Å²) < 4.78 is 2.14. The maximum atomic E-state index is 9.18. The van der Waals surface area contributed by atoms with Crippen LogP contribution in [0.1, 0.15) is 36.8 Å². The summed E-state index contributed by atoms with van der Waals surface area (Å²) in [5.41, 5.74) is 3.66. The molecule has 2 atom stereocenters. The molecule has 0 bridgehead atoms. The molecule has 0 radical (unpaired) electrons. The molecular formula is C17H20N2OS. The Morgan fingerprint density at radius 3 is 2.62 bits per heavy atom. The van der Waals surface area contributed by atoms with Crippen LogP contribution in [0.4, 0.5) is 0 Å². The van der Waals surface area contributed by atoms with E-state index in [1.165, 1.54) is 28.9 Å². The molecule has 2 aliphatic carbocycles. The summed E-state index contributed by atoms with van der Waals surface area (Å²) in [4.78, 5) is 1.26. The predicted octanol–water partition coefficient (Wildman–Crippen LogP) is 3.70. The molecule has 1 heterocycles. The number of benzene rings is 1.